The first-order valence-electron chi connectivity index (χ1n) is 6.72. The fourth-order valence-corrected chi connectivity index (χ4v) is 3.66. The van der Waals surface area contributed by atoms with Crippen molar-refractivity contribution < 1.29 is 8.42 Å². The van der Waals surface area contributed by atoms with Crippen molar-refractivity contribution in [1.29, 1.82) is 0 Å². The summed E-state index contributed by atoms with van der Waals surface area (Å²) in [7, 11) is -3.25. The number of sulfonamides is 1. The Morgan fingerprint density at radius 2 is 1.79 bits per heavy atom. The Balaban J connectivity index is 2.96. The molecule has 0 unspecified atom stereocenters. The Labute approximate surface area is 116 Å². The molecule has 0 fully saturated rings. The molecule has 5 heteroatoms. The van der Waals surface area contributed by atoms with E-state index in [0.717, 1.165) is 6.42 Å². The lowest BCUT2D eigenvalue weighted by molar-refractivity contribution is 0.569. The van der Waals surface area contributed by atoms with E-state index in [-0.39, 0.29) is 5.75 Å². The van der Waals surface area contributed by atoms with Gasteiger partial charge >= 0.3 is 0 Å². The predicted octanol–water partition coefficient (Wildman–Crippen LogP) is 2.86. The molecule has 0 saturated heterocycles. The van der Waals surface area contributed by atoms with Crippen LogP contribution < -0.4 is 10.0 Å². The molecule has 108 valence electrons. The van der Waals surface area contributed by atoms with E-state index in [0.29, 0.717) is 30.3 Å². The first-order chi connectivity index (χ1) is 8.86. The minimum atomic E-state index is -3.25. The van der Waals surface area contributed by atoms with Crippen LogP contribution in [0.1, 0.15) is 33.6 Å². The number of rotatable bonds is 7. The second kappa shape index (κ2) is 6.80. The van der Waals surface area contributed by atoms with E-state index >= 15 is 0 Å². The first kappa shape index (κ1) is 15.8. The van der Waals surface area contributed by atoms with E-state index in [1.807, 2.05) is 20.8 Å². The third-order valence-electron chi connectivity index (χ3n) is 2.90. The van der Waals surface area contributed by atoms with Gasteiger partial charge in [0.2, 0.25) is 10.0 Å². The zero-order valence-corrected chi connectivity index (χ0v) is 12.8. The van der Waals surface area contributed by atoms with Gasteiger partial charge in [0.15, 0.2) is 0 Å². The lowest BCUT2D eigenvalue weighted by Gasteiger charge is -2.24. The fourth-order valence-electron chi connectivity index (χ4n) is 1.77. The highest BCUT2D eigenvalue weighted by Crippen LogP contribution is 2.21. The quantitative estimate of drug-likeness (QED) is 0.783. The molecule has 0 radical (unpaired) electrons. The zero-order valence-electron chi connectivity index (χ0n) is 12.0. The Morgan fingerprint density at radius 1 is 1.21 bits per heavy atom. The maximum absolute atomic E-state index is 12.4. The fraction of sp³-hybridized carbons (Fsp3) is 0.571. The molecule has 0 atom stereocenters. The van der Waals surface area contributed by atoms with Crippen molar-refractivity contribution in [1.82, 2.24) is 0 Å². The molecular weight excluding hydrogens is 260 g/mol. The number of nitrogens with two attached hydrogens (primary N) is 1. The summed E-state index contributed by atoms with van der Waals surface area (Å²) in [6.45, 7) is 6.54. The van der Waals surface area contributed by atoms with Gasteiger partial charge in [0.05, 0.1) is 11.4 Å². The molecular formula is C14H24N2O2S. The van der Waals surface area contributed by atoms with E-state index in [2.05, 4.69) is 0 Å². The standard InChI is InChI=1S/C14H24N2O2S/c1-4-10-16(14-7-5-13(15)6-8-14)19(17,18)11-9-12(2)3/h5-8,12H,4,9-11,15H2,1-3H3. The van der Waals surface area contributed by atoms with Gasteiger partial charge in [-0.3, -0.25) is 4.31 Å². The summed E-state index contributed by atoms with van der Waals surface area (Å²) in [4.78, 5) is 0. The van der Waals surface area contributed by atoms with E-state index in [1.54, 1.807) is 24.3 Å². The summed E-state index contributed by atoms with van der Waals surface area (Å²) in [6.07, 6.45) is 1.46. The van der Waals surface area contributed by atoms with Gasteiger partial charge in [-0.25, -0.2) is 8.42 Å². The van der Waals surface area contributed by atoms with Crippen molar-refractivity contribution in [3.63, 3.8) is 0 Å². The number of hydrogen-bond acceptors (Lipinski definition) is 3. The van der Waals surface area contributed by atoms with Crippen molar-refractivity contribution >= 4 is 21.4 Å². The number of hydrogen-bond donors (Lipinski definition) is 1. The molecule has 0 saturated carbocycles. The molecule has 0 aliphatic rings. The van der Waals surface area contributed by atoms with Crippen LogP contribution in [0.25, 0.3) is 0 Å². The van der Waals surface area contributed by atoms with Crippen LogP contribution in [0, 0.1) is 5.92 Å². The third kappa shape index (κ3) is 4.74. The molecule has 1 aromatic rings. The van der Waals surface area contributed by atoms with Crippen LogP contribution in [0.2, 0.25) is 0 Å². The summed E-state index contributed by atoms with van der Waals surface area (Å²) < 4.78 is 26.3. The minimum absolute atomic E-state index is 0.190. The predicted molar refractivity (Wildman–Crippen MR) is 81.7 cm³/mol. The SMILES string of the molecule is CCCN(c1ccc(N)cc1)S(=O)(=O)CCC(C)C. The highest BCUT2D eigenvalue weighted by atomic mass is 32.2. The Morgan fingerprint density at radius 3 is 2.26 bits per heavy atom. The molecule has 19 heavy (non-hydrogen) atoms. The molecule has 0 heterocycles. The number of nitrogens with zero attached hydrogens (tertiary/aromatic N) is 1. The summed E-state index contributed by atoms with van der Waals surface area (Å²) in [5.74, 6) is 0.569. The number of benzene rings is 1. The highest BCUT2D eigenvalue weighted by Gasteiger charge is 2.21. The molecule has 4 nitrogen and oxygen atoms in total. The average molecular weight is 284 g/mol. The second-order valence-electron chi connectivity index (χ2n) is 5.16. The Hall–Kier alpha value is -1.23. The van der Waals surface area contributed by atoms with Crippen LogP contribution in [-0.2, 0) is 10.0 Å². The molecule has 1 aromatic carbocycles. The zero-order chi connectivity index (χ0) is 14.5. The molecule has 0 bridgehead atoms. The van der Waals surface area contributed by atoms with Gasteiger partial charge in [0.1, 0.15) is 0 Å². The number of anilines is 2. The molecule has 0 spiro atoms. The molecule has 0 amide bonds. The van der Waals surface area contributed by atoms with Gasteiger partial charge in [-0.2, -0.15) is 0 Å². The average Bonchev–Trinajstić information content (AvgIpc) is 2.35. The lowest BCUT2D eigenvalue weighted by atomic mass is 10.2. The van der Waals surface area contributed by atoms with E-state index in [9.17, 15) is 8.42 Å². The maximum atomic E-state index is 12.4. The molecule has 0 aliphatic carbocycles. The van der Waals surface area contributed by atoms with Crippen molar-refractivity contribution in [3.8, 4) is 0 Å². The summed E-state index contributed by atoms with van der Waals surface area (Å²) >= 11 is 0. The van der Waals surface area contributed by atoms with Crippen molar-refractivity contribution in [2.45, 2.75) is 33.6 Å². The number of nitrogen functional groups attached to an aromatic ring is 1. The van der Waals surface area contributed by atoms with Crippen LogP contribution in [-0.4, -0.2) is 20.7 Å². The van der Waals surface area contributed by atoms with Crippen molar-refractivity contribution in [3.05, 3.63) is 24.3 Å². The monoisotopic (exact) mass is 284 g/mol. The first-order valence-corrected chi connectivity index (χ1v) is 8.33. The van der Waals surface area contributed by atoms with Crippen molar-refractivity contribution in [2.24, 2.45) is 5.92 Å². The van der Waals surface area contributed by atoms with E-state index in [1.165, 1.54) is 4.31 Å². The van der Waals surface area contributed by atoms with Gasteiger partial charge in [-0.05, 0) is 43.0 Å². The highest BCUT2D eigenvalue weighted by molar-refractivity contribution is 7.92. The topological polar surface area (TPSA) is 63.4 Å². The van der Waals surface area contributed by atoms with Crippen LogP contribution in [0.4, 0.5) is 11.4 Å². The molecule has 2 N–H and O–H groups in total. The second-order valence-corrected chi connectivity index (χ2v) is 7.18. The maximum Gasteiger partial charge on any atom is 0.235 e. The Bertz CT molecular complexity index is 481. The van der Waals surface area contributed by atoms with Gasteiger partial charge in [0.25, 0.3) is 0 Å². The smallest absolute Gasteiger partial charge is 0.235 e. The normalized spacial score (nSPS) is 11.8. The van der Waals surface area contributed by atoms with Gasteiger partial charge in [0, 0.05) is 12.2 Å². The Kier molecular flexibility index (Phi) is 5.66. The third-order valence-corrected chi connectivity index (χ3v) is 4.71. The molecule has 0 aliphatic heterocycles. The summed E-state index contributed by atoms with van der Waals surface area (Å²) in [6, 6.07) is 6.99. The summed E-state index contributed by atoms with van der Waals surface area (Å²) in [5, 5.41) is 0. The van der Waals surface area contributed by atoms with Gasteiger partial charge in [-0.1, -0.05) is 20.8 Å². The molecule has 0 aromatic heterocycles. The molecule has 1 rings (SSSR count). The van der Waals surface area contributed by atoms with Crippen LogP contribution in [0.3, 0.4) is 0 Å². The summed E-state index contributed by atoms with van der Waals surface area (Å²) in [5.41, 5.74) is 6.97. The van der Waals surface area contributed by atoms with Gasteiger partial charge in [-0.15, -0.1) is 0 Å². The largest absolute Gasteiger partial charge is 0.399 e. The van der Waals surface area contributed by atoms with Crippen LogP contribution >= 0.6 is 0 Å². The van der Waals surface area contributed by atoms with E-state index in [4.69, 9.17) is 5.73 Å². The van der Waals surface area contributed by atoms with Crippen LogP contribution in [0.15, 0.2) is 24.3 Å². The lowest BCUT2D eigenvalue weighted by Crippen LogP contribution is -2.34. The van der Waals surface area contributed by atoms with E-state index < -0.39 is 10.0 Å². The minimum Gasteiger partial charge on any atom is -0.399 e. The van der Waals surface area contributed by atoms with Gasteiger partial charge < -0.3 is 5.73 Å². The van der Waals surface area contributed by atoms with Crippen molar-refractivity contribution in [2.75, 3.05) is 22.3 Å². The van der Waals surface area contributed by atoms with Crippen LogP contribution in [0.5, 0.6) is 0 Å².